The first-order valence-electron chi connectivity index (χ1n) is 6.30. The highest BCUT2D eigenvalue weighted by Gasteiger charge is 2.08. The third-order valence-corrected chi connectivity index (χ3v) is 2.80. The molecule has 4 nitrogen and oxygen atoms in total. The predicted molar refractivity (Wildman–Crippen MR) is 72.2 cm³/mol. The Morgan fingerprint density at radius 1 is 1.35 bits per heavy atom. The maximum absolute atomic E-state index is 4.22. The fraction of sp³-hybridized carbons (Fsp3) is 0.769. The number of likely N-dealkylation sites (N-methyl/N-ethyl adjacent to an activating group) is 1. The lowest BCUT2D eigenvalue weighted by molar-refractivity contribution is 0.298. The molecule has 0 amide bonds. The average molecular weight is 238 g/mol. The van der Waals surface area contributed by atoms with Gasteiger partial charge in [0.15, 0.2) is 0 Å². The Morgan fingerprint density at radius 3 is 2.59 bits per heavy atom. The standard InChI is InChI=1S/C13H26N4/c1-12-14-6-9-17(12)11-10-16(5)8-7-15-13(2,3)4/h6,9,15H,7-8,10-11H2,1-5H3. The number of aromatic nitrogens is 2. The number of hydrogen-bond acceptors (Lipinski definition) is 3. The molecule has 0 aromatic carbocycles. The molecule has 0 fully saturated rings. The molecule has 0 unspecified atom stereocenters. The maximum Gasteiger partial charge on any atom is 0.105 e. The van der Waals surface area contributed by atoms with Gasteiger partial charge in [-0.15, -0.1) is 0 Å². The number of rotatable bonds is 6. The van der Waals surface area contributed by atoms with Crippen LogP contribution in [0, 0.1) is 6.92 Å². The summed E-state index contributed by atoms with van der Waals surface area (Å²) in [7, 11) is 2.16. The first kappa shape index (κ1) is 14.2. The van der Waals surface area contributed by atoms with E-state index in [2.05, 4.69) is 47.6 Å². The monoisotopic (exact) mass is 238 g/mol. The van der Waals surface area contributed by atoms with Crippen LogP contribution in [0.3, 0.4) is 0 Å². The molecule has 0 radical (unpaired) electrons. The van der Waals surface area contributed by atoms with Gasteiger partial charge in [-0.2, -0.15) is 0 Å². The maximum atomic E-state index is 4.22. The van der Waals surface area contributed by atoms with E-state index in [9.17, 15) is 0 Å². The van der Waals surface area contributed by atoms with Crippen molar-refractivity contribution in [2.45, 2.75) is 39.8 Å². The van der Waals surface area contributed by atoms with Crippen LogP contribution in [-0.4, -0.2) is 46.7 Å². The summed E-state index contributed by atoms with van der Waals surface area (Å²) < 4.78 is 2.19. The van der Waals surface area contributed by atoms with Crippen molar-refractivity contribution in [3.63, 3.8) is 0 Å². The minimum absolute atomic E-state index is 0.210. The largest absolute Gasteiger partial charge is 0.334 e. The van der Waals surface area contributed by atoms with Crippen molar-refractivity contribution >= 4 is 0 Å². The number of nitrogens with one attached hydrogen (secondary N) is 1. The molecule has 17 heavy (non-hydrogen) atoms. The van der Waals surface area contributed by atoms with Crippen LogP contribution in [0.4, 0.5) is 0 Å². The van der Waals surface area contributed by atoms with Crippen LogP contribution in [-0.2, 0) is 6.54 Å². The van der Waals surface area contributed by atoms with Crippen LogP contribution in [0.15, 0.2) is 12.4 Å². The Bertz CT molecular complexity index is 324. The number of aryl methyl sites for hydroxylation is 1. The summed E-state index contributed by atoms with van der Waals surface area (Å²) in [6, 6.07) is 0. The van der Waals surface area contributed by atoms with Gasteiger partial charge in [-0.05, 0) is 34.7 Å². The molecule has 4 heteroatoms. The van der Waals surface area contributed by atoms with Gasteiger partial charge in [0.25, 0.3) is 0 Å². The lowest BCUT2D eigenvalue weighted by atomic mass is 10.1. The van der Waals surface area contributed by atoms with Crippen LogP contribution in [0.2, 0.25) is 0 Å². The average Bonchev–Trinajstić information content (AvgIpc) is 2.59. The van der Waals surface area contributed by atoms with E-state index < -0.39 is 0 Å². The van der Waals surface area contributed by atoms with Crippen molar-refractivity contribution in [2.24, 2.45) is 0 Å². The fourth-order valence-electron chi connectivity index (χ4n) is 1.65. The Labute approximate surface area is 105 Å². The molecule has 0 spiro atoms. The molecule has 1 heterocycles. The van der Waals surface area contributed by atoms with Gasteiger partial charge in [-0.3, -0.25) is 0 Å². The van der Waals surface area contributed by atoms with Crippen molar-refractivity contribution in [3.8, 4) is 0 Å². The Kier molecular flexibility index (Phi) is 5.15. The van der Waals surface area contributed by atoms with Crippen molar-refractivity contribution in [2.75, 3.05) is 26.7 Å². The van der Waals surface area contributed by atoms with Crippen molar-refractivity contribution < 1.29 is 0 Å². The number of nitrogens with zero attached hydrogens (tertiary/aromatic N) is 3. The van der Waals surface area contributed by atoms with Gasteiger partial charge in [0.05, 0.1) is 0 Å². The van der Waals surface area contributed by atoms with Gasteiger partial charge in [-0.1, -0.05) is 0 Å². The minimum Gasteiger partial charge on any atom is -0.334 e. The van der Waals surface area contributed by atoms with E-state index in [0.717, 1.165) is 32.0 Å². The highest BCUT2D eigenvalue weighted by molar-refractivity contribution is 4.88. The van der Waals surface area contributed by atoms with E-state index in [1.807, 2.05) is 19.3 Å². The molecule has 0 saturated carbocycles. The van der Waals surface area contributed by atoms with Gasteiger partial charge in [0.2, 0.25) is 0 Å². The first-order valence-corrected chi connectivity index (χ1v) is 6.30. The quantitative estimate of drug-likeness (QED) is 0.815. The van der Waals surface area contributed by atoms with Gasteiger partial charge in [0, 0.05) is 44.1 Å². The molecule has 1 aromatic heterocycles. The number of imidazole rings is 1. The second-order valence-corrected chi connectivity index (χ2v) is 5.65. The lowest BCUT2D eigenvalue weighted by Crippen LogP contribution is -2.41. The summed E-state index contributed by atoms with van der Waals surface area (Å²) >= 11 is 0. The van der Waals surface area contributed by atoms with Crippen LogP contribution in [0.5, 0.6) is 0 Å². The SMILES string of the molecule is Cc1nccn1CCN(C)CCNC(C)(C)C. The zero-order valence-corrected chi connectivity index (χ0v) is 11.8. The highest BCUT2D eigenvalue weighted by atomic mass is 15.2. The van der Waals surface area contributed by atoms with E-state index >= 15 is 0 Å². The lowest BCUT2D eigenvalue weighted by Gasteiger charge is -2.23. The van der Waals surface area contributed by atoms with Crippen molar-refractivity contribution in [3.05, 3.63) is 18.2 Å². The summed E-state index contributed by atoms with van der Waals surface area (Å²) in [5.41, 5.74) is 0.210. The molecule has 0 bridgehead atoms. The first-order chi connectivity index (χ1) is 7.88. The molecule has 0 aliphatic heterocycles. The summed E-state index contributed by atoms with van der Waals surface area (Å²) in [4.78, 5) is 6.57. The Hall–Kier alpha value is -0.870. The topological polar surface area (TPSA) is 33.1 Å². The fourth-order valence-corrected chi connectivity index (χ4v) is 1.65. The zero-order valence-electron chi connectivity index (χ0n) is 11.8. The molecule has 0 aliphatic rings. The second-order valence-electron chi connectivity index (χ2n) is 5.65. The molecule has 1 aromatic rings. The highest BCUT2D eigenvalue weighted by Crippen LogP contribution is 1.98. The molecule has 1 rings (SSSR count). The normalized spacial score (nSPS) is 12.4. The molecule has 0 aliphatic carbocycles. The predicted octanol–water partition coefficient (Wildman–Crippen LogP) is 1.51. The Morgan fingerprint density at radius 2 is 2.06 bits per heavy atom. The van der Waals surface area contributed by atoms with Gasteiger partial charge < -0.3 is 14.8 Å². The van der Waals surface area contributed by atoms with Crippen LogP contribution in [0.25, 0.3) is 0 Å². The summed E-state index contributed by atoms with van der Waals surface area (Å²) in [6.07, 6.45) is 3.90. The number of hydrogen-bond donors (Lipinski definition) is 1. The molecular formula is C13H26N4. The van der Waals surface area contributed by atoms with Crippen LogP contribution < -0.4 is 5.32 Å². The zero-order chi connectivity index (χ0) is 12.9. The van der Waals surface area contributed by atoms with E-state index in [-0.39, 0.29) is 5.54 Å². The smallest absolute Gasteiger partial charge is 0.105 e. The molecule has 1 N–H and O–H groups in total. The minimum atomic E-state index is 0.210. The van der Waals surface area contributed by atoms with Gasteiger partial charge >= 0.3 is 0 Å². The van der Waals surface area contributed by atoms with E-state index in [1.165, 1.54) is 0 Å². The van der Waals surface area contributed by atoms with E-state index in [1.54, 1.807) is 0 Å². The van der Waals surface area contributed by atoms with Crippen LogP contribution >= 0.6 is 0 Å². The van der Waals surface area contributed by atoms with Gasteiger partial charge in [-0.25, -0.2) is 4.98 Å². The summed E-state index contributed by atoms with van der Waals surface area (Å²) in [6.45, 7) is 12.8. The Balaban J connectivity index is 2.18. The third kappa shape index (κ3) is 5.84. The molecule has 98 valence electrons. The van der Waals surface area contributed by atoms with Crippen molar-refractivity contribution in [1.82, 2.24) is 19.8 Å². The van der Waals surface area contributed by atoms with Crippen molar-refractivity contribution in [1.29, 1.82) is 0 Å². The van der Waals surface area contributed by atoms with Crippen LogP contribution in [0.1, 0.15) is 26.6 Å². The van der Waals surface area contributed by atoms with E-state index in [0.29, 0.717) is 0 Å². The molecule has 0 atom stereocenters. The summed E-state index contributed by atoms with van der Waals surface area (Å²) in [5.74, 6) is 1.09. The molecule has 0 saturated heterocycles. The second kappa shape index (κ2) is 6.17. The van der Waals surface area contributed by atoms with Gasteiger partial charge in [0.1, 0.15) is 5.82 Å². The third-order valence-electron chi connectivity index (χ3n) is 2.80. The summed E-state index contributed by atoms with van der Waals surface area (Å²) in [5, 5.41) is 3.50. The van der Waals surface area contributed by atoms with E-state index in [4.69, 9.17) is 0 Å². The molecular weight excluding hydrogens is 212 g/mol.